The molecule has 0 amide bonds. The molecule has 0 fully saturated rings. The summed E-state index contributed by atoms with van der Waals surface area (Å²) in [5, 5.41) is 11.7. The Kier molecular flexibility index (Phi) is 5.35. The van der Waals surface area contributed by atoms with E-state index in [1.807, 2.05) is 13.8 Å². The van der Waals surface area contributed by atoms with Gasteiger partial charge in [0.05, 0.1) is 0 Å². The average Bonchev–Trinajstić information content (AvgIpc) is 2.33. The van der Waals surface area contributed by atoms with Gasteiger partial charge in [0.2, 0.25) is 0 Å². The van der Waals surface area contributed by atoms with E-state index >= 15 is 0 Å². The topological polar surface area (TPSA) is 84.2 Å². The average molecular weight is 253 g/mol. The van der Waals surface area contributed by atoms with Crippen molar-refractivity contribution in [3.8, 4) is 0 Å². The van der Waals surface area contributed by atoms with Crippen LogP contribution in [0.15, 0.2) is 17.2 Å². The van der Waals surface area contributed by atoms with E-state index in [2.05, 4.69) is 10.3 Å². The van der Waals surface area contributed by atoms with Crippen molar-refractivity contribution in [2.45, 2.75) is 45.7 Å². The number of rotatable bonds is 7. The van der Waals surface area contributed by atoms with Crippen LogP contribution in [0.1, 0.15) is 33.1 Å². The van der Waals surface area contributed by atoms with Crippen LogP contribution in [0.4, 0.5) is 5.82 Å². The van der Waals surface area contributed by atoms with Gasteiger partial charge in [-0.3, -0.25) is 4.79 Å². The van der Waals surface area contributed by atoms with Crippen molar-refractivity contribution >= 4 is 11.8 Å². The number of hydrogen-bond acceptors (Lipinski definition) is 4. The molecule has 1 aromatic rings. The van der Waals surface area contributed by atoms with Gasteiger partial charge in [-0.25, -0.2) is 9.78 Å². The molecule has 0 spiro atoms. The Morgan fingerprint density at radius 3 is 2.78 bits per heavy atom. The second-order valence-corrected chi connectivity index (χ2v) is 4.10. The fourth-order valence-electron chi connectivity index (χ4n) is 1.67. The molecule has 0 aliphatic rings. The lowest BCUT2D eigenvalue weighted by molar-refractivity contribution is -0.138. The number of nitrogens with zero attached hydrogens (tertiary/aromatic N) is 2. The highest BCUT2D eigenvalue weighted by molar-refractivity contribution is 5.76. The largest absolute Gasteiger partial charge is 0.480 e. The summed E-state index contributed by atoms with van der Waals surface area (Å²) in [6, 6.07) is -0.771. The lowest BCUT2D eigenvalue weighted by atomic mass is 10.2. The molecule has 0 saturated carbocycles. The Morgan fingerprint density at radius 2 is 2.22 bits per heavy atom. The van der Waals surface area contributed by atoms with Crippen molar-refractivity contribution < 1.29 is 9.90 Å². The molecular formula is C12H19N3O3. The molecule has 6 heteroatoms. The van der Waals surface area contributed by atoms with Crippen LogP contribution < -0.4 is 10.9 Å². The fourth-order valence-corrected chi connectivity index (χ4v) is 1.67. The predicted octanol–water partition coefficient (Wildman–Crippen LogP) is 1.32. The maximum atomic E-state index is 12.0. The van der Waals surface area contributed by atoms with Crippen LogP contribution in [0.2, 0.25) is 0 Å². The molecule has 1 aromatic heterocycles. The molecule has 18 heavy (non-hydrogen) atoms. The monoisotopic (exact) mass is 253 g/mol. The first-order chi connectivity index (χ1) is 8.60. The Bertz CT molecular complexity index is 456. The number of aromatic nitrogens is 2. The third-order valence-electron chi connectivity index (χ3n) is 2.56. The number of aliphatic carboxylic acids is 1. The third-order valence-corrected chi connectivity index (χ3v) is 2.56. The highest BCUT2D eigenvalue weighted by Gasteiger charge is 2.18. The van der Waals surface area contributed by atoms with E-state index in [4.69, 9.17) is 5.11 Å². The zero-order valence-electron chi connectivity index (χ0n) is 10.7. The highest BCUT2D eigenvalue weighted by atomic mass is 16.4. The molecule has 0 saturated heterocycles. The summed E-state index contributed by atoms with van der Waals surface area (Å²) in [7, 11) is 0. The van der Waals surface area contributed by atoms with Gasteiger partial charge < -0.3 is 15.0 Å². The van der Waals surface area contributed by atoms with Crippen LogP contribution in [-0.4, -0.2) is 26.7 Å². The lowest BCUT2D eigenvalue weighted by Crippen LogP contribution is -2.34. The molecule has 0 aliphatic heterocycles. The minimum atomic E-state index is -0.969. The lowest BCUT2D eigenvalue weighted by Gasteiger charge is -2.14. The second kappa shape index (κ2) is 6.78. The van der Waals surface area contributed by atoms with Gasteiger partial charge in [-0.2, -0.15) is 0 Å². The first-order valence-electron chi connectivity index (χ1n) is 6.14. The van der Waals surface area contributed by atoms with E-state index < -0.39 is 12.0 Å². The van der Waals surface area contributed by atoms with Crippen molar-refractivity contribution in [3.63, 3.8) is 0 Å². The fraction of sp³-hybridized carbons (Fsp3) is 0.583. The Hall–Kier alpha value is -1.85. The molecule has 1 rings (SSSR count). The smallest absolute Gasteiger partial charge is 0.326 e. The van der Waals surface area contributed by atoms with Crippen LogP contribution in [-0.2, 0) is 11.3 Å². The summed E-state index contributed by atoms with van der Waals surface area (Å²) in [6.45, 7) is 4.46. The van der Waals surface area contributed by atoms with Crippen molar-refractivity contribution in [2.75, 3.05) is 5.32 Å². The molecule has 100 valence electrons. The van der Waals surface area contributed by atoms with Crippen LogP contribution in [0.5, 0.6) is 0 Å². The van der Waals surface area contributed by atoms with Crippen LogP contribution in [0.3, 0.4) is 0 Å². The highest BCUT2D eigenvalue weighted by Crippen LogP contribution is 2.04. The first-order valence-corrected chi connectivity index (χ1v) is 6.14. The molecule has 0 bridgehead atoms. The molecule has 6 nitrogen and oxygen atoms in total. The van der Waals surface area contributed by atoms with Gasteiger partial charge >= 0.3 is 5.97 Å². The van der Waals surface area contributed by atoms with Gasteiger partial charge in [0.25, 0.3) is 5.56 Å². The number of hydrogen-bond donors (Lipinski definition) is 2. The van der Waals surface area contributed by atoms with Crippen molar-refractivity contribution in [3.05, 3.63) is 22.7 Å². The maximum Gasteiger partial charge on any atom is 0.326 e. The quantitative estimate of drug-likeness (QED) is 0.765. The number of anilines is 1. The van der Waals surface area contributed by atoms with Crippen LogP contribution in [0, 0.1) is 0 Å². The molecule has 1 atom stereocenters. The van der Waals surface area contributed by atoms with Crippen molar-refractivity contribution in [2.24, 2.45) is 0 Å². The molecule has 0 aliphatic carbocycles. The van der Waals surface area contributed by atoms with Gasteiger partial charge in [0.1, 0.15) is 6.04 Å². The summed E-state index contributed by atoms with van der Waals surface area (Å²) >= 11 is 0. The Morgan fingerprint density at radius 1 is 1.50 bits per heavy atom. The molecule has 1 heterocycles. The number of carboxylic acid groups (broad SMARTS) is 1. The van der Waals surface area contributed by atoms with Crippen LogP contribution in [0.25, 0.3) is 0 Å². The van der Waals surface area contributed by atoms with E-state index in [9.17, 15) is 9.59 Å². The van der Waals surface area contributed by atoms with Gasteiger partial charge in [-0.15, -0.1) is 0 Å². The van der Waals surface area contributed by atoms with E-state index in [0.29, 0.717) is 13.0 Å². The Balaban J connectivity index is 2.92. The van der Waals surface area contributed by atoms with E-state index in [0.717, 1.165) is 12.8 Å². The first kappa shape index (κ1) is 14.2. The van der Waals surface area contributed by atoms with Crippen molar-refractivity contribution in [1.29, 1.82) is 0 Å². The minimum Gasteiger partial charge on any atom is -0.480 e. The number of carbonyl (C=O) groups is 1. The summed E-state index contributed by atoms with van der Waals surface area (Å²) in [5.41, 5.74) is -0.276. The molecular weight excluding hydrogens is 234 g/mol. The predicted molar refractivity (Wildman–Crippen MR) is 68.7 cm³/mol. The van der Waals surface area contributed by atoms with E-state index in [1.54, 1.807) is 6.20 Å². The second-order valence-electron chi connectivity index (χ2n) is 4.10. The van der Waals surface area contributed by atoms with Gasteiger partial charge in [0.15, 0.2) is 5.82 Å². The van der Waals surface area contributed by atoms with Gasteiger partial charge in [-0.05, 0) is 12.8 Å². The zero-order chi connectivity index (χ0) is 13.5. The number of aryl methyl sites for hydroxylation is 1. The van der Waals surface area contributed by atoms with Crippen LogP contribution >= 0.6 is 0 Å². The minimum absolute atomic E-state index is 0.104. The molecule has 1 unspecified atom stereocenters. The third kappa shape index (κ3) is 3.58. The normalized spacial score (nSPS) is 12.1. The van der Waals surface area contributed by atoms with Gasteiger partial charge in [0, 0.05) is 18.9 Å². The van der Waals surface area contributed by atoms with E-state index in [-0.39, 0.29) is 11.4 Å². The number of carboxylic acids is 1. The summed E-state index contributed by atoms with van der Waals surface area (Å²) in [5.74, 6) is -0.865. The summed E-state index contributed by atoms with van der Waals surface area (Å²) in [4.78, 5) is 26.9. The standard InChI is InChI=1S/C12H19N3O3/c1-3-5-9(12(17)18)14-10-11(16)15(7-4-2)8-6-13-10/h6,8-9H,3-5,7H2,1-2H3,(H,13,14)(H,17,18). The Labute approximate surface area is 106 Å². The summed E-state index contributed by atoms with van der Waals surface area (Å²) in [6.07, 6.45) is 5.12. The zero-order valence-corrected chi connectivity index (χ0v) is 10.7. The van der Waals surface area contributed by atoms with E-state index in [1.165, 1.54) is 10.8 Å². The van der Waals surface area contributed by atoms with Crippen molar-refractivity contribution in [1.82, 2.24) is 9.55 Å². The summed E-state index contributed by atoms with van der Waals surface area (Å²) < 4.78 is 1.53. The molecule has 0 aromatic carbocycles. The molecule has 0 radical (unpaired) electrons. The SMILES string of the molecule is CCCC(Nc1nccn(CCC)c1=O)C(=O)O. The molecule has 2 N–H and O–H groups in total. The number of nitrogens with one attached hydrogen (secondary N) is 1. The maximum absolute atomic E-state index is 12.0. The van der Waals surface area contributed by atoms with Gasteiger partial charge in [-0.1, -0.05) is 20.3 Å².